The van der Waals surface area contributed by atoms with Gasteiger partial charge in [0.1, 0.15) is 0 Å². The van der Waals surface area contributed by atoms with E-state index in [1.54, 1.807) is 18.2 Å². The fraction of sp³-hybridized carbons (Fsp3) is 0.182. The van der Waals surface area contributed by atoms with Crippen LogP contribution >= 0.6 is 23.2 Å². The van der Waals surface area contributed by atoms with Gasteiger partial charge in [0.05, 0.1) is 10.0 Å². The molecule has 0 radical (unpaired) electrons. The molecule has 0 saturated heterocycles. The number of carbonyl (C=O) groups excluding carboxylic acids is 1. The van der Waals surface area contributed by atoms with E-state index >= 15 is 0 Å². The summed E-state index contributed by atoms with van der Waals surface area (Å²) in [5.74, 6) is 2.33. The Bertz CT molecular complexity index is 391. The Labute approximate surface area is 93.0 Å². The SMILES string of the molecule is C#CCCC(=O)c1cccc(Cl)c1Cl. The van der Waals surface area contributed by atoms with Crippen LogP contribution in [0.2, 0.25) is 10.0 Å². The number of terminal acetylenes is 1. The summed E-state index contributed by atoms with van der Waals surface area (Å²) < 4.78 is 0. The third-order valence-electron chi connectivity index (χ3n) is 1.75. The zero-order valence-electron chi connectivity index (χ0n) is 7.39. The highest BCUT2D eigenvalue weighted by Gasteiger charge is 2.11. The van der Waals surface area contributed by atoms with Gasteiger partial charge in [0.25, 0.3) is 0 Å². The van der Waals surface area contributed by atoms with E-state index in [9.17, 15) is 4.79 Å². The molecule has 14 heavy (non-hydrogen) atoms. The van der Waals surface area contributed by atoms with Crippen LogP contribution in [0.3, 0.4) is 0 Å². The number of hydrogen-bond acceptors (Lipinski definition) is 1. The normalized spacial score (nSPS) is 9.50. The Balaban J connectivity index is 2.91. The lowest BCUT2D eigenvalue weighted by Gasteiger charge is -2.02. The molecule has 72 valence electrons. The van der Waals surface area contributed by atoms with Gasteiger partial charge >= 0.3 is 0 Å². The van der Waals surface area contributed by atoms with Crippen molar-refractivity contribution in [3.05, 3.63) is 33.8 Å². The van der Waals surface area contributed by atoms with E-state index in [1.807, 2.05) is 0 Å². The summed E-state index contributed by atoms with van der Waals surface area (Å²) in [5, 5.41) is 0.689. The van der Waals surface area contributed by atoms with Crippen LogP contribution in [-0.2, 0) is 0 Å². The maximum atomic E-state index is 11.5. The molecule has 0 amide bonds. The summed E-state index contributed by atoms with van der Waals surface area (Å²) in [6, 6.07) is 4.98. The van der Waals surface area contributed by atoms with E-state index in [2.05, 4.69) is 5.92 Å². The van der Waals surface area contributed by atoms with Crippen molar-refractivity contribution in [3.63, 3.8) is 0 Å². The average molecular weight is 227 g/mol. The van der Waals surface area contributed by atoms with Crippen molar-refractivity contribution in [1.29, 1.82) is 0 Å². The molecule has 1 aromatic rings. The lowest BCUT2D eigenvalue weighted by molar-refractivity contribution is 0.0984. The molecule has 0 N–H and O–H groups in total. The van der Waals surface area contributed by atoms with Gasteiger partial charge in [-0.05, 0) is 12.1 Å². The second-order valence-corrected chi connectivity index (χ2v) is 3.51. The van der Waals surface area contributed by atoms with E-state index in [0.29, 0.717) is 28.5 Å². The molecule has 0 saturated carbocycles. The van der Waals surface area contributed by atoms with E-state index in [0.717, 1.165) is 0 Å². The Hall–Kier alpha value is -0.970. The number of hydrogen-bond donors (Lipinski definition) is 0. The molecule has 0 spiro atoms. The smallest absolute Gasteiger partial charge is 0.165 e. The Morgan fingerprint density at radius 2 is 2.14 bits per heavy atom. The first-order chi connectivity index (χ1) is 6.66. The van der Waals surface area contributed by atoms with E-state index in [4.69, 9.17) is 29.6 Å². The van der Waals surface area contributed by atoms with Gasteiger partial charge in [0, 0.05) is 18.4 Å². The maximum Gasteiger partial charge on any atom is 0.165 e. The number of ketones is 1. The molecular formula is C11H8Cl2O. The summed E-state index contributed by atoms with van der Waals surface area (Å²) in [6.07, 6.45) is 5.78. The van der Waals surface area contributed by atoms with E-state index < -0.39 is 0 Å². The van der Waals surface area contributed by atoms with Crippen LogP contribution in [0.5, 0.6) is 0 Å². The first kappa shape index (κ1) is 11.1. The first-order valence-corrected chi connectivity index (χ1v) is 4.83. The van der Waals surface area contributed by atoms with Gasteiger partial charge in [0.2, 0.25) is 0 Å². The lowest BCUT2D eigenvalue weighted by Crippen LogP contribution is -1.99. The van der Waals surface area contributed by atoms with Crippen LogP contribution < -0.4 is 0 Å². The molecule has 0 atom stereocenters. The van der Waals surface area contributed by atoms with Crippen LogP contribution in [0.15, 0.2) is 18.2 Å². The van der Waals surface area contributed by atoms with Crippen LogP contribution in [0.4, 0.5) is 0 Å². The number of halogens is 2. The molecule has 0 aromatic heterocycles. The summed E-state index contributed by atoms with van der Waals surface area (Å²) >= 11 is 11.6. The quantitative estimate of drug-likeness (QED) is 0.569. The van der Waals surface area contributed by atoms with Crippen molar-refractivity contribution >= 4 is 29.0 Å². The molecule has 1 aromatic carbocycles. The van der Waals surface area contributed by atoms with Crippen molar-refractivity contribution in [3.8, 4) is 12.3 Å². The first-order valence-electron chi connectivity index (χ1n) is 4.07. The van der Waals surface area contributed by atoms with Crippen molar-refractivity contribution < 1.29 is 4.79 Å². The molecule has 0 fully saturated rings. The largest absolute Gasteiger partial charge is 0.294 e. The minimum Gasteiger partial charge on any atom is -0.294 e. The van der Waals surface area contributed by atoms with Gasteiger partial charge in [-0.3, -0.25) is 4.79 Å². The van der Waals surface area contributed by atoms with Crippen LogP contribution in [-0.4, -0.2) is 5.78 Å². The van der Waals surface area contributed by atoms with Crippen molar-refractivity contribution in [1.82, 2.24) is 0 Å². The molecule has 0 aliphatic carbocycles. The van der Waals surface area contributed by atoms with E-state index in [1.165, 1.54) is 0 Å². The Morgan fingerprint density at radius 1 is 1.43 bits per heavy atom. The van der Waals surface area contributed by atoms with Gasteiger partial charge < -0.3 is 0 Å². The number of rotatable bonds is 3. The van der Waals surface area contributed by atoms with Gasteiger partial charge in [0.15, 0.2) is 5.78 Å². The zero-order chi connectivity index (χ0) is 10.6. The predicted octanol–water partition coefficient (Wildman–Crippen LogP) is 3.59. The van der Waals surface area contributed by atoms with Gasteiger partial charge in [-0.15, -0.1) is 12.3 Å². The maximum absolute atomic E-state index is 11.5. The van der Waals surface area contributed by atoms with Crippen LogP contribution in [0.1, 0.15) is 23.2 Å². The minimum atomic E-state index is -0.0737. The highest BCUT2D eigenvalue weighted by atomic mass is 35.5. The highest BCUT2D eigenvalue weighted by molar-refractivity contribution is 6.43. The Morgan fingerprint density at radius 3 is 2.79 bits per heavy atom. The second-order valence-electron chi connectivity index (χ2n) is 2.73. The second kappa shape index (κ2) is 5.05. The summed E-state index contributed by atoms with van der Waals surface area (Å²) in [6.45, 7) is 0. The average Bonchev–Trinajstić information content (AvgIpc) is 2.18. The fourth-order valence-electron chi connectivity index (χ4n) is 1.04. The molecule has 0 bridgehead atoms. The monoisotopic (exact) mass is 226 g/mol. The summed E-state index contributed by atoms with van der Waals surface area (Å²) in [4.78, 5) is 11.5. The molecule has 1 nitrogen and oxygen atoms in total. The zero-order valence-corrected chi connectivity index (χ0v) is 8.90. The van der Waals surface area contributed by atoms with Crippen molar-refractivity contribution in [2.24, 2.45) is 0 Å². The summed E-state index contributed by atoms with van der Waals surface area (Å²) in [5.41, 5.74) is 0.439. The highest BCUT2D eigenvalue weighted by Crippen LogP contribution is 2.26. The molecular weight excluding hydrogens is 219 g/mol. The molecule has 0 aliphatic rings. The number of carbonyl (C=O) groups is 1. The molecule has 3 heteroatoms. The van der Waals surface area contributed by atoms with Gasteiger partial charge in [-0.1, -0.05) is 29.3 Å². The minimum absolute atomic E-state index is 0.0737. The summed E-state index contributed by atoms with van der Waals surface area (Å²) in [7, 11) is 0. The Kier molecular flexibility index (Phi) is 4.00. The molecule has 0 unspecified atom stereocenters. The van der Waals surface area contributed by atoms with Gasteiger partial charge in [-0.25, -0.2) is 0 Å². The molecule has 1 rings (SSSR count). The van der Waals surface area contributed by atoms with Crippen molar-refractivity contribution in [2.45, 2.75) is 12.8 Å². The third kappa shape index (κ3) is 2.51. The van der Waals surface area contributed by atoms with Gasteiger partial charge in [-0.2, -0.15) is 0 Å². The predicted molar refractivity (Wildman–Crippen MR) is 58.9 cm³/mol. The topological polar surface area (TPSA) is 17.1 Å². The molecule has 0 heterocycles. The van der Waals surface area contributed by atoms with E-state index in [-0.39, 0.29) is 5.78 Å². The fourth-order valence-corrected chi connectivity index (χ4v) is 1.45. The van der Waals surface area contributed by atoms with Crippen LogP contribution in [0.25, 0.3) is 0 Å². The number of Topliss-reactive ketones (excluding diaryl/α,β-unsaturated/α-hetero) is 1. The molecule has 0 aliphatic heterocycles. The third-order valence-corrected chi connectivity index (χ3v) is 2.57. The number of benzene rings is 1. The van der Waals surface area contributed by atoms with Crippen LogP contribution in [0, 0.1) is 12.3 Å². The lowest BCUT2D eigenvalue weighted by atomic mass is 10.1. The van der Waals surface area contributed by atoms with Crippen molar-refractivity contribution in [2.75, 3.05) is 0 Å². The standard InChI is InChI=1S/C11H8Cl2O/c1-2-3-7-10(14)8-5-4-6-9(12)11(8)13/h1,4-6H,3,7H2.